The smallest absolute Gasteiger partial charge is 0.123 e. The molecule has 3 heteroatoms. The first-order valence-electron chi connectivity index (χ1n) is 5.81. The number of hydrogen-bond donors (Lipinski definition) is 1. The molecule has 0 aliphatic rings. The number of benzene rings is 2. The number of hydrogen-bond acceptors (Lipinski definition) is 1. The highest BCUT2D eigenvalue weighted by atomic mass is 79.9. The lowest BCUT2D eigenvalue weighted by Gasteiger charge is -2.10. The summed E-state index contributed by atoms with van der Waals surface area (Å²) >= 11 is 3.54. The van der Waals surface area contributed by atoms with E-state index in [-0.39, 0.29) is 5.82 Å². The second-order valence-electron chi connectivity index (χ2n) is 4.41. The van der Waals surface area contributed by atoms with Crippen LogP contribution in [0, 0.1) is 19.7 Å². The Balaban J connectivity index is 2.11. The Kier molecular flexibility index (Phi) is 4.02. The number of anilines is 1. The highest BCUT2D eigenvalue weighted by Crippen LogP contribution is 2.25. The minimum atomic E-state index is -0.197. The van der Waals surface area contributed by atoms with Gasteiger partial charge in [0.25, 0.3) is 0 Å². The van der Waals surface area contributed by atoms with Crippen molar-refractivity contribution in [2.45, 2.75) is 20.4 Å². The van der Waals surface area contributed by atoms with Crippen LogP contribution in [0.3, 0.4) is 0 Å². The second kappa shape index (κ2) is 5.53. The summed E-state index contributed by atoms with van der Waals surface area (Å²) in [5.74, 6) is -0.197. The van der Waals surface area contributed by atoms with Gasteiger partial charge in [0.15, 0.2) is 0 Å². The quantitative estimate of drug-likeness (QED) is 0.857. The molecule has 0 aliphatic heterocycles. The van der Waals surface area contributed by atoms with E-state index in [4.69, 9.17) is 0 Å². The Morgan fingerprint density at radius 1 is 1.11 bits per heavy atom. The van der Waals surface area contributed by atoms with Crippen molar-refractivity contribution in [3.8, 4) is 0 Å². The van der Waals surface area contributed by atoms with E-state index in [1.54, 1.807) is 12.1 Å². The van der Waals surface area contributed by atoms with E-state index < -0.39 is 0 Å². The standard InChI is InChI=1S/C15H15BrFN/c1-10-6-14(7-11(2)15(10)16)18-9-12-4-3-5-13(17)8-12/h3-8,18H,9H2,1-2H3. The van der Waals surface area contributed by atoms with Gasteiger partial charge >= 0.3 is 0 Å². The Bertz CT molecular complexity index is 543. The molecular weight excluding hydrogens is 293 g/mol. The SMILES string of the molecule is Cc1cc(NCc2cccc(F)c2)cc(C)c1Br. The third-order valence-corrected chi connectivity index (χ3v) is 4.07. The fourth-order valence-corrected chi connectivity index (χ4v) is 2.13. The van der Waals surface area contributed by atoms with Gasteiger partial charge < -0.3 is 5.32 Å². The monoisotopic (exact) mass is 307 g/mol. The van der Waals surface area contributed by atoms with Gasteiger partial charge in [-0.05, 0) is 54.8 Å². The highest BCUT2D eigenvalue weighted by Gasteiger charge is 2.02. The van der Waals surface area contributed by atoms with Gasteiger partial charge in [-0.1, -0.05) is 28.1 Å². The first-order valence-corrected chi connectivity index (χ1v) is 6.60. The third-order valence-electron chi connectivity index (χ3n) is 2.82. The summed E-state index contributed by atoms with van der Waals surface area (Å²) in [6.45, 7) is 4.74. The lowest BCUT2D eigenvalue weighted by molar-refractivity contribution is 0.626. The van der Waals surface area contributed by atoms with Crippen LogP contribution in [0.5, 0.6) is 0 Å². The first-order chi connectivity index (χ1) is 8.56. The maximum absolute atomic E-state index is 13.0. The molecule has 0 saturated heterocycles. The maximum Gasteiger partial charge on any atom is 0.123 e. The van der Waals surface area contributed by atoms with Crippen LogP contribution in [0.15, 0.2) is 40.9 Å². The van der Waals surface area contributed by atoms with Crippen molar-refractivity contribution in [3.05, 3.63) is 63.4 Å². The van der Waals surface area contributed by atoms with Crippen molar-refractivity contribution < 1.29 is 4.39 Å². The number of aryl methyl sites for hydroxylation is 2. The van der Waals surface area contributed by atoms with E-state index in [1.807, 2.05) is 6.07 Å². The van der Waals surface area contributed by atoms with Crippen LogP contribution in [0.2, 0.25) is 0 Å². The number of nitrogens with one attached hydrogen (secondary N) is 1. The minimum absolute atomic E-state index is 0.197. The zero-order chi connectivity index (χ0) is 13.1. The molecular formula is C15H15BrFN. The largest absolute Gasteiger partial charge is 0.381 e. The summed E-state index contributed by atoms with van der Waals surface area (Å²) in [5, 5.41) is 3.31. The van der Waals surface area contributed by atoms with Gasteiger partial charge in [-0.3, -0.25) is 0 Å². The molecule has 2 rings (SSSR count). The number of halogens is 2. The van der Waals surface area contributed by atoms with Gasteiger partial charge in [-0.25, -0.2) is 4.39 Å². The van der Waals surface area contributed by atoms with Gasteiger partial charge in [-0.2, -0.15) is 0 Å². The van der Waals surface area contributed by atoms with Crippen molar-refractivity contribution in [1.82, 2.24) is 0 Å². The van der Waals surface area contributed by atoms with Crippen molar-refractivity contribution in [2.24, 2.45) is 0 Å². The molecule has 1 N–H and O–H groups in total. The van der Waals surface area contributed by atoms with Crippen molar-refractivity contribution >= 4 is 21.6 Å². The Labute approximate surface area is 115 Å². The molecule has 2 aromatic carbocycles. The zero-order valence-corrected chi connectivity index (χ0v) is 12.0. The molecule has 2 aromatic rings. The molecule has 0 aromatic heterocycles. The highest BCUT2D eigenvalue weighted by molar-refractivity contribution is 9.10. The third kappa shape index (κ3) is 3.10. The predicted molar refractivity (Wildman–Crippen MR) is 77.3 cm³/mol. The molecule has 18 heavy (non-hydrogen) atoms. The van der Waals surface area contributed by atoms with Gasteiger partial charge in [0, 0.05) is 16.7 Å². The molecule has 0 amide bonds. The van der Waals surface area contributed by atoms with Crippen molar-refractivity contribution in [3.63, 3.8) is 0 Å². The molecule has 0 heterocycles. The van der Waals surface area contributed by atoms with Crippen LogP contribution in [0.25, 0.3) is 0 Å². The molecule has 1 nitrogen and oxygen atoms in total. The fourth-order valence-electron chi connectivity index (χ4n) is 1.90. The fraction of sp³-hybridized carbons (Fsp3) is 0.200. The molecule has 0 atom stereocenters. The normalized spacial score (nSPS) is 10.4. The van der Waals surface area contributed by atoms with Gasteiger partial charge in [0.2, 0.25) is 0 Å². The minimum Gasteiger partial charge on any atom is -0.381 e. The topological polar surface area (TPSA) is 12.0 Å². The predicted octanol–water partition coefficient (Wildman–Crippen LogP) is 4.82. The summed E-state index contributed by atoms with van der Waals surface area (Å²) in [5.41, 5.74) is 4.37. The Morgan fingerprint density at radius 2 is 1.78 bits per heavy atom. The summed E-state index contributed by atoms with van der Waals surface area (Å²) in [7, 11) is 0. The molecule has 94 valence electrons. The molecule has 0 unspecified atom stereocenters. The average molecular weight is 308 g/mol. The van der Waals surface area contributed by atoms with E-state index in [2.05, 4.69) is 47.2 Å². The lowest BCUT2D eigenvalue weighted by Crippen LogP contribution is -2.00. The molecule has 0 saturated carbocycles. The van der Waals surface area contributed by atoms with Crippen LogP contribution in [-0.4, -0.2) is 0 Å². The lowest BCUT2D eigenvalue weighted by atomic mass is 10.1. The summed E-state index contributed by atoms with van der Waals surface area (Å²) in [4.78, 5) is 0. The molecule has 0 aliphatic carbocycles. The average Bonchev–Trinajstić information content (AvgIpc) is 2.33. The first kappa shape index (κ1) is 13.1. The van der Waals surface area contributed by atoms with E-state index in [1.165, 1.54) is 17.2 Å². The summed E-state index contributed by atoms with van der Waals surface area (Å²) < 4.78 is 14.2. The van der Waals surface area contributed by atoms with E-state index in [0.29, 0.717) is 6.54 Å². The molecule has 0 bridgehead atoms. The molecule has 0 fully saturated rings. The van der Waals surface area contributed by atoms with Gasteiger partial charge in [-0.15, -0.1) is 0 Å². The maximum atomic E-state index is 13.0. The van der Waals surface area contributed by atoms with Crippen LogP contribution >= 0.6 is 15.9 Å². The summed E-state index contributed by atoms with van der Waals surface area (Å²) in [6, 6.07) is 10.8. The summed E-state index contributed by atoms with van der Waals surface area (Å²) in [6.07, 6.45) is 0. The van der Waals surface area contributed by atoms with E-state index >= 15 is 0 Å². The van der Waals surface area contributed by atoms with E-state index in [0.717, 1.165) is 15.7 Å². The zero-order valence-electron chi connectivity index (χ0n) is 10.4. The van der Waals surface area contributed by atoms with Gasteiger partial charge in [0.1, 0.15) is 5.82 Å². The van der Waals surface area contributed by atoms with Crippen LogP contribution in [0.4, 0.5) is 10.1 Å². The molecule has 0 spiro atoms. The second-order valence-corrected chi connectivity index (χ2v) is 5.20. The number of rotatable bonds is 3. The Hall–Kier alpha value is -1.35. The van der Waals surface area contributed by atoms with Crippen LogP contribution in [-0.2, 0) is 6.54 Å². The van der Waals surface area contributed by atoms with Crippen LogP contribution < -0.4 is 5.32 Å². The van der Waals surface area contributed by atoms with E-state index in [9.17, 15) is 4.39 Å². The van der Waals surface area contributed by atoms with Crippen molar-refractivity contribution in [1.29, 1.82) is 0 Å². The molecule has 0 radical (unpaired) electrons. The Morgan fingerprint density at radius 3 is 2.39 bits per heavy atom. The van der Waals surface area contributed by atoms with Crippen LogP contribution in [0.1, 0.15) is 16.7 Å². The van der Waals surface area contributed by atoms with Gasteiger partial charge in [0.05, 0.1) is 0 Å². The van der Waals surface area contributed by atoms with Crippen molar-refractivity contribution in [2.75, 3.05) is 5.32 Å².